The zero-order valence-corrected chi connectivity index (χ0v) is 42.2. The number of benzene rings is 3. The van der Waals surface area contributed by atoms with E-state index in [-0.39, 0.29) is 69.0 Å². The summed E-state index contributed by atoms with van der Waals surface area (Å²) >= 11 is 0. The molecule has 0 aromatic heterocycles. The van der Waals surface area contributed by atoms with E-state index in [0.717, 1.165) is 39.0 Å². The highest BCUT2D eigenvalue weighted by Crippen LogP contribution is 2.53. The van der Waals surface area contributed by atoms with E-state index in [4.69, 9.17) is 28.2 Å². The van der Waals surface area contributed by atoms with Gasteiger partial charge in [-0.15, -0.1) is 0 Å². The zero-order valence-electron chi connectivity index (χ0n) is 42.2. The van der Waals surface area contributed by atoms with Crippen LogP contribution in [0, 0.1) is 0 Å². The summed E-state index contributed by atoms with van der Waals surface area (Å²) in [4.78, 5) is 0. The van der Waals surface area contributed by atoms with Gasteiger partial charge in [-0.3, -0.25) is 0 Å². The van der Waals surface area contributed by atoms with Gasteiger partial charge >= 0.3 is 44.4 Å². The van der Waals surface area contributed by atoms with Crippen molar-refractivity contribution in [1.29, 1.82) is 0 Å². The molecule has 0 fully saturated rings. The fraction of sp³-hybridized carbons (Fsp3) is 0.633. The molecule has 0 bridgehead atoms. The smallest absolute Gasteiger partial charge is 0.490 e. The third-order valence-corrected chi connectivity index (χ3v) is 12.2. The normalized spacial score (nSPS) is 15.5. The van der Waals surface area contributed by atoms with Crippen LogP contribution >= 0.6 is 0 Å². The summed E-state index contributed by atoms with van der Waals surface area (Å²) in [7, 11) is -3.42. The van der Waals surface area contributed by atoms with Crippen LogP contribution in [0.15, 0.2) is 48.5 Å². The Hall–Kier alpha value is -4.30. The molecule has 0 aliphatic rings. The highest BCUT2D eigenvalue weighted by atomic mass is 19.4. The van der Waals surface area contributed by atoms with Crippen LogP contribution in [0.25, 0.3) is 0 Å². The largest absolute Gasteiger partial charge is 0.864 e. The number of rotatable bonds is 28. The molecule has 0 heterocycles. The monoisotopic (exact) mass is 1110 g/mol. The Morgan fingerprint density at radius 2 is 0.787 bits per heavy atom. The first-order chi connectivity index (χ1) is 34.5. The second kappa shape index (κ2) is 26.4. The van der Waals surface area contributed by atoms with E-state index in [1.165, 1.54) is 20.8 Å². The topological polar surface area (TPSA) is 55.4 Å². The van der Waals surface area contributed by atoms with E-state index in [1.807, 2.05) is 6.92 Å². The molecule has 0 radical (unpaired) electrons. The zero-order chi connectivity index (χ0) is 57.0. The van der Waals surface area contributed by atoms with Gasteiger partial charge in [0.2, 0.25) is 5.72 Å². The highest BCUT2D eigenvalue weighted by molar-refractivity contribution is 6.39. The maximum Gasteiger partial charge on any atom is 0.864 e. The first-order valence-corrected chi connectivity index (χ1v) is 24.2. The Morgan fingerprint density at radius 1 is 0.427 bits per heavy atom. The molecule has 0 spiro atoms. The van der Waals surface area contributed by atoms with Gasteiger partial charge in [0.15, 0.2) is 12.5 Å². The van der Waals surface area contributed by atoms with E-state index in [9.17, 15) is 65.9 Å². The molecule has 3 aromatic carbocycles. The van der Waals surface area contributed by atoms with Gasteiger partial charge in [-0.05, 0) is 80.6 Å². The Labute approximate surface area is 423 Å². The summed E-state index contributed by atoms with van der Waals surface area (Å²) in [5.74, 6) is -4.93. The summed E-state index contributed by atoms with van der Waals surface area (Å²) in [6.07, 6.45) is -30.5. The Bertz CT molecular complexity index is 2090. The Morgan fingerprint density at radius 3 is 1.13 bits per heavy atom. The molecule has 0 amide bonds. The maximum absolute atomic E-state index is 15.9. The van der Waals surface area contributed by atoms with Crippen LogP contribution in [0.3, 0.4) is 0 Å². The molecule has 7 nitrogen and oxygen atoms in total. The molecule has 3 atom stereocenters. The van der Waals surface area contributed by atoms with Crippen LogP contribution in [0.2, 0.25) is 0 Å². The number of hydrogen-bond acceptors (Lipinski definition) is 6. The standard InChI is InChI=1S/C49H61BF18NO6/c1-8-12-13-14-15-16-17-18-19-69(31(5)70-20-9-2,32(6)71-21-10-3)43(7,72-22-11-4)42-40(49(66,67)68)29-37(48(63,64)65)30-41(42)75-50(73-38-25-33(44(51,52)53)23-34(26-38)45(54,55)56)74-39-27-35(46(57,58)59)24-36(28-39)47(60,61)62/h23-32H,8-22H2,1-7H3/q+1. The summed E-state index contributed by atoms with van der Waals surface area (Å²) in [5, 5.41) is 0. The predicted octanol–water partition coefficient (Wildman–Crippen LogP) is 17.4. The lowest BCUT2D eigenvalue weighted by Gasteiger charge is -2.56. The minimum Gasteiger partial charge on any atom is -0.490 e. The van der Waals surface area contributed by atoms with Crippen molar-refractivity contribution in [2.24, 2.45) is 0 Å². The molecule has 0 saturated heterocycles. The minimum atomic E-state index is -5.86. The van der Waals surface area contributed by atoms with Gasteiger partial charge < -0.3 is 28.2 Å². The molecule has 0 N–H and O–H groups in total. The number of hydrogen-bond donors (Lipinski definition) is 0. The quantitative estimate of drug-likeness (QED) is 0.0237. The van der Waals surface area contributed by atoms with Crippen LogP contribution in [0.1, 0.15) is 158 Å². The maximum atomic E-state index is 15.9. The van der Waals surface area contributed by atoms with Crippen molar-refractivity contribution in [3.63, 3.8) is 0 Å². The lowest BCUT2D eigenvalue weighted by atomic mass is 9.89. The number of ether oxygens (including phenoxy) is 3. The van der Waals surface area contributed by atoms with Crippen LogP contribution in [0.5, 0.6) is 17.2 Å². The van der Waals surface area contributed by atoms with Crippen molar-refractivity contribution < 1.29 is 112 Å². The molecule has 3 unspecified atom stereocenters. The van der Waals surface area contributed by atoms with Gasteiger partial charge in [0, 0.05) is 20.8 Å². The first kappa shape index (κ1) is 65.0. The van der Waals surface area contributed by atoms with E-state index < -0.39 is 142 Å². The SMILES string of the molecule is CCCCCCCCCC[N+](C(C)OCCC)(C(C)OCCC)C(C)(OCCC)c1c(OB(Oc2cc(C(F)(F)F)cc(C(F)(F)F)c2)Oc2cc(C(F)(F)F)cc(C(F)(F)F)c2)cc(C(F)(F)F)cc1C(F)(F)F. The Balaban J connectivity index is 2.69. The van der Waals surface area contributed by atoms with Gasteiger partial charge in [0.05, 0.1) is 65.3 Å². The number of nitrogens with zero attached hydrogens (tertiary/aromatic N) is 1. The van der Waals surface area contributed by atoms with Gasteiger partial charge in [0.1, 0.15) is 17.2 Å². The average Bonchev–Trinajstić information content (AvgIpc) is 3.29. The molecule has 3 aromatic rings. The number of halogens is 18. The third kappa shape index (κ3) is 17.6. The minimum absolute atomic E-state index is 0.00292. The molecule has 0 aliphatic carbocycles. The van der Waals surface area contributed by atoms with Gasteiger partial charge in [0.25, 0.3) is 0 Å². The summed E-state index contributed by atoms with van der Waals surface area (Å²) < 4.78 is 296. The van der Waals surface area contributed by atoms with Crippen LogP contribution in [-0.4, -0.2) is 50.6 Å². The lowest BCUT2D eigenvalue weighted by Crippen LogP contribution is -2.72. The van der Waals surface area contributed by atoms with E-state index >= 15 is 13.2 Å². The molecule has 0 saturated carbocycles. The molecule has 426 valence electrons. The van der Waals surface area contributed by atoms with Crippen LogP contribution in [-0.2, 0) is 57.0 Å². The molecule has 3 rings (SSSR count). The number of alkyl halides is 18. The average molecular weight is 1110 g/mol. The summed E-state index contributed by atoms with van der Waals surface area (Å²) in [6, 6.07) is -1.93. The summed E-state index contributed by atoms with van der Waals surface area (Å²) in [5.41, 5.74) is -17.0. The number of quaternary nitrogens is 1. The highest BCUT2D eigenvalue weighted by Gasteiger charge is 2.62. The van der Waals surface area contributed by atoms with Crippen LogP contribution < -0.4 is 14.0 Å². The lowest BCUT2D eigenvalue weighted by molar-refractivity contribution is -1.07. The molecular weight excluding hydrogens is 1050 g/mol. The third-order valence-electron chi connectivity index (χ3n) is 12.2. The second-order valence-corrected chi connectivity index (χ2v) is 17.9. The predicted molar refractivity (Wildman–Crippen MR) is 240 cm³/mol. The molecular formula is C49H61BF18NO6+. The summed E-state index contributed by atoms with van der Waals surface area (Å²) in [6.45, 7) is 9.98. The van der Waals surface area contributed by atoms with Crippen molar-refractivity contribution in [3.05, 3.63) is 87.5 Å². The second-order valence-electron chi connectivity index (χ2n) is 17.9. The number of unbranched alkanes of at least 4 members (excludes halogenated alkanes) is 7. The van der Waals surface area contributed by atoms with Crippen molar-refractivity contribution in [1.82, 2.24) is 0 Å². The molecule has 26 heteroatoms. The molecule has 75 heavy (non-hydrogen) atoms. The van der Waals surface area contributed by atoms with E-state index in [2.05, 4.69) is 0 Å². The Kier molecular flexibility index (Phi) is 22.8. The van der Waals surface area contributed by atoms with E-state index in [1.54, 1.807) is 13.8 Å². The van der Waals surface area contributed by atoms with Gasteiger partial charge in [-0.2, -0.15) is 79.0 Å². The van der Waals surface area contributed by atoms with Gasteiger partial charge in [-0.25, -0.2) is 4.48 Å². The van der Waals surface area contributed by atoms with Crippen molar-refractivity contribution in [2.75, 3.05) is 26.4 Å². The van der Waals surface area contributed by atoms with Crippen molar-refractivity contribution in [2.45, 2.75) is 174 Å². The fourth-order valence-corrected chi connectivity index (χ4v) is 8.58. The van der Waals surface area contributed by atoms with Crippen molar-refractivity contribution in [3.8, 4) is 17.2 Å². The molecule has 0 aliphatic heterocycles. The first-order valence-electron chi connectivity index (χ1n) is 24.2. The van der Waals surface area contributed by atoms with Gasteiger partial charge in [-0.1, -0.05) is 66.2 Å². The van der Waals surface area contributed by atoms with Crippen LogP contribution in [0.4, 0.5) is 79.0 Å². The van der Waals surface area contributed by atoms with Crippen molar-refractivity contribution >= 4 is 7.32 Å². The van der Waals surface area contributed by atoms with E-state index in [0.29, 0.717) is 25.7 Å². The fourth-order valence-electron chi connectivity index (χ4n) is 8.58.